The highest BCUT2D eigenvalue weighted by Crippen LogP contribution is 2.26. The van der Waals surface area contributed by atoms with Gasteiger partial charge in [0, 0.05) is 18.3 Å². The number of carbonyl (C=O) groups excluding carboxylic acids is 1. The fourth-order valence-electron chi connectivity index (χ4n) is 1.47. The zero-order valence-electron chi connectivity index (χ0n) is 8.49. The van der Waals surface area contributed by atoms with Gasteiger partial charge in [0.05, 0.1) is 6.10 Å². The summed E-state index contributed by atoms with van der Waals surface area (Å²) >= 11 is 1.90. The SMILES string of the molecule is CC1OCCC1SCCCC(=O)NN. The van der Waals surface area contributed by atoms with Gasteiger partial charge in [0.1, 0.15) is 0 Å². The van der Waals surface area contributed by atoms with Gasteiger partial charge >= 0.3 is 0 Å². The van der Waals surface area contributed by atoms with Crippen LogP contribution in [0.3, 0.4) is 0 Å². The first-order chi connectivity index (χ1) is 6.74. The lowest BCUT2D eigenvalue weighted by atomic mass is 10.3. The molecule has 1 heterocycles. The lowest BCUT2D eigenvalue weighted by Gasteiger charge is -2.12. The van der Waals surface area contributed by atoms with Crippen molar-refractivity contribution in [1.29, 1.82) is 0 Å². The summed E-state index contributed by atoms with van der Waals surface area (Å²) in [5, 5.41) is 0.607. The van der Waals surface area contributed by atoms with Crippen molar-refractivity contribution >= 4 is 17.7 Å². The average Bonchev–Trinajstić information content (AvgIpc) is 2.58. The van der Waals surface area contributed by atoms with Crippen molar-refractivity contribution in [3.63, 3.8) is 0 Å². The molecule has 0 aromatic rings. The van der Waals surface area contributed by atoms with E-state index in [0.29, 0.717) is 17.8 Å². The Morgan fingerprint density at radius 2 is 2.50 bits per heavy atom. The Hall–Kier alpha value is -0.260. The molecule has 1 fully saturated rings. The van der Waals surface area contributed by atoms with Gasteiger partial charge < -0.3 is 4.74 Å². The molecule has 3 N–H and O–H groups in total. The molecule has 1 aliphatic heterocycles. The van der Waals surface area contributed by atoms with Gasteiger partial charge in [-0.25, -0.2) is 5.84 Å². The van der Waals surface area contributed by atoms with Crippen LogP contribution in [0.4, 0.5) is 0 Å². The maximum atomic E-state index is 10.8. The minimum Gasteiger partial charge on any atom is -0.377 e. The molecule has 0 spiro atoms. The second-order valence-corrected chi connectivity index (χ2v) is 4.79. The Labute approximate surface area is 88.9 Å². The Bertz CT molecular complexity index is 190. The average molecular weight is 218 g/mol. The van der Waals surface area contributed by atoms with Gasteiger partial charge in [0.15, 0.2) is 0 Å². The van der Waals surface area contributed by atoms with E-state index in [4.69, 9.17) is 10.6 Å². The molecule has 0 radical (unpaired) electrons. The number of nitrogens with one attached hydrogen (secondary N) is 1. The van der Waals surface area contributed by atoms with Crippen molar-refractivity contribution in [1.82, 2.24) is 5.43 Å². The first-order valence-electron chi connectivity index (χ1n) is 4.96. The topological polar surface area (TPSA) is 64.3 Å². The standard InChI is InChI=1S/C9H18N2O2S/c1-7-8(4-5-13-7)14-6-2-3-9(12)11-10/h7-8H,2-6,10H2,1H3,(H,11,12). The first kappa shape index (κ1) is 11.8. The van der Waals surface area contributed by atoms with Crippen LogP contribution in [0.15, 0.2) is 0 Å². The summed E-state index contributed by atoms with van der Waals surface area (Å²) in [6.45, 7) is 2.99. The molecule has 0 aliphatic carbocycles. The van der Waals surface area contributed by atoms with Crippen LogP contribution in [0.25, 0.3) is 0 Å². The molecule has 5 heteroatoms. The first-order valence-corrected chi connectivity index (χ1v) is 6.01. The number of hydrogen-bond acceptors (Lipinski definition) is 4. The van der Waals surface area contributed by atoms with Crippen LogP contribution >= 0.6 is 11.8 Å². The normalized spacial score (nSPS) is 26.4. The summed E-state index contributed by atoms with van der Waals surface area (Å²) in [6, 6.07) is 0. The summed E-state index contributed by atoms with van der Waals surface area (Å²) in [5.74, 6) is 5.90. The second-order valence-electron chi connectivity index (χ2n) is 3.44. The summed E-state index contributed by atoms with van der Waals surface area (Å²) in [6.07, 6.45) is 2.90. The third kappa shape index (κ3) is 3.86. The van der Waals surface area contributed by atoms with Gasteiger partial charge in [-0.2, -0.15) is 11.8 Å². The van der Waals surface area contributed by atoms with Crippen LogP contribution in [-0.4, -0.2) is 29.6 Å². The summed E-state index contributed by atoms with van der Waals surface area (Å²) < 4.78 is 5.44. The van der Waals surface area contributed by atoms with Crippen molar-refractivity contribution < 1.29 is 9.53 Å². The van der Waals surface area contributed by atoms with Crippen LogP contribution in [0.2, 0.25) is 0 Å². The number of nitrogens with two attached hydrogens (primary N) is 1. The molecular weight excluding hydrogens is 200 g/mol. The smallest absolute Gasteiger partial charge is 0.233 e. The Kier molecular flexibility index (Phi) is 5.29. The van der Waals surface area contributed by atoms with E-state index in [2.05, 4.69) is 12.3 Å². The van der Waals surface area contributed by atoms with Crippen LogP contribution in [0, 0.1) is 0 Å². The highest BCUT2D eigenvalue weighted by Gasteiger charge is 2.23. The minimum absolute atomic E-state index is 0.0821. The second kappa shape index (κ2) is 6.27. The minimum atomic E-state index is -0.0821. The predicted octanol–water partition coefficient (Wildman–Crippen LogP) is 0.667. The van der Waals surface area contributed by atoms with Gasteiger partial charge in [-0.05, 0) is 25.5 Å². The molecule has 1 aliphatic rings. The summed E-state index contributed by atoms with van der Waals surface area (Å²) in [7, 11) is 0. The number of hydrazine groups is 1. The molecule has 0 bridgehead atoms. The lowest BCUT2D eigenvalue weighted by Crippen LogP contribution is -2.29. The van der Waals surface area contributed by atoms with E-state index in [9.17, 15) is 4.79 Å². The van der Waals surface area contributed by atoms with Crippen molar-refractivity contribution in [3.8, 4) is 0 Å². The molecule has 1 rings (SSSR count). The number of ether oxygens (including phenoxy) is 1. The van der Waals surface area contributed by atoms with Crippen molar-refractivity contribution in [3.05, 3.63) is 0 Å². The van der Waals surface area contributed by atoms with Gasteiger partial charge in [-0.1, -0.05) is 0 Å². The highest BCUT2D eigenvalue weighted by molar-refractivity contribution is 7.99. The molecule has 0 aromatic heterocycles. The van der Waals surface area contributed by atoms with Gasteiger partial charge in [0.25, 0.3) is 0 Å². The quantitative estimate of drug-likeness (QED) is 0.308. The number of amides is 1. The van der Waals surface area contributed by atoms with Gasteiger partial charge in [-0.15, -0.1) is 0 Å². The highest BCUT2D eigenvalue weighted by atomic mass is 32.2. The van der Waals surface area contributed by atoms with E-state index in [0.717, 1.165) is 25.2 Å². The Morgan fingerprint density at radius 1 is 1.71 bits per heavy atom. The van der Waals surface area contributed by atoms with Gasteiger partial charge in [-0.3, -0.25) is 10.2 Å². The molecule has 0 saturated carbocycles. The van der Waals surface area contributed by atoms with Crippen LogP contribution in [0.1, 0.15) is 26.2 Å². The zero-order valence-corrected chi connectivity index (χ0v) is 9.31. The third-order valence-electron chi connectivity index (χ3n) is 2.35. The van der Waals surface area contributed by atoms with Crippen molar-refractivity contribution in [2.45, 2.75) is 37.5 Å². The summed E-state index contributed by atoms with van der Waals surface area (Å²) in [4.78, 5) is 10.8. The maximum Gasteiger partial charge on any atom is 0.233 e. The maximum absolute atomic E-state index is 10.8. The molecule has 0 aromatic carbocycles. The van der Waals surface area contributed by atoms with Crippen LogP contribution < -0.4 is 11.3 Å². The van der Waals surface area contributed by atoms with Crippen LogP contribution in [0.5, 0.6) is 0 Å². The van der Waals surface area contributed by atoms with Crippen molar-refractivity contribution in [2.24, 2.45) is 5.84 Å². The number of thioether (sulfide) groups is 1. The van der Waals surface area contributed by atoms with E-state index in [1.165, 1.54) is 0 Å². The molecule has 1 amide bonds. The van der Waals surface area contributed by atoms with Gasteiger partial charge in [0.2, 0.25) is 5.91 Å². The Morgan fingerprint density at radius 3 is 3.07 bits per heavy atom. The third-order valence-corrected chi connectivity index (χ3v) is 3.92. The molecular formula is C9H18N2O2S. The van der Waals surface area contributed by atoms with E-state index < -0.39 is 0 Å². The van der Waals surface area contributed by atoms with E-state index in [1.54, 1.807) is 0 Å². The molecule has 14 heavy (non-hydrogen) atoms. The lowest BCUT2D eigenvalue weighted by molar-refractivity contribution is -0.121. The molecule has 82 valence electrons. The van der Waals surface area contributed by atoms with E-state index in [1.807, 2.05) is 11.8 Å². The van der Waals surface area contributed by atoms with Crippen molar-refractivity contribution in [2.75, 3.05) is 12.4 Å². The predicted molar refractivity (Wildman–Crippen MR) is 57.8 cm³/mol. The fourth-order valence-corrected chi connectivity index (χ4v) is 2.70. The molecule has 4 nitrogen and oxygen atoms in total. The molecule has 2 unspecified atom stereocenters. The number of rotatable bonds is 5. The monoisotopic (exact) mass is 218 g/mol. The number of carbonyl (C=O) groups is 1. The Balaban J connectivity index is 2.01. The largest absolute Gasteiger partial charge is 0.377 e. The zero-order chi connectivity index (χ0) is 10.4. The van der Waals surface area contributed by atoms with Crippen LogP contribution in [-0.2, 0) is 9.53 Å². The molecule has 2 atom stereocenters. The number of hydrogen-bond donors (Lipinski definition) is 2. The summed E-state index contributed by atoms with van der Waals surface area (Å²) in [5.41, 5.74) is 2.13. The molecule has 1 saturated heterocycles. The van der Waals surface area contributed by atoms with E-state index in [-0.39, 0.29) is 5.91 Å². The van der Waals surface area contributed by atoms with E-state index >= 15 is 0 Å². The fraction of sp³-hybridized carbons (Fsp3) is 0.889.